The maximum atomic E-state index is 11.1. The normalized spacial score (nSPS) is 17.2. The topological polar surface area (TPSA) is 40.5 Å². The molecule has 0 saturated carbocycles. The summed E-state index contributed by atoms with van der Waals surface area (Å²) in [5, 5.41) is 10.9. The fraction of sp³-hybridized carbons (Fsp3) is 0.0714. The number of allylic oxidation sites excluding steroid dienone is 5. The molecule has 0 heterocycles. The Hall–Kier alpha value is -2.13. The number of nitrogens with zero attached hydrogens (tertiary/aromatic N) is 1. The molecule has 1 aliphatic carbocycles. The largest absolute Gasteiger partial charge is 0.290 e. The van der Waals surface area contributed by atoms with E-state index in [1.54, 1.807) is 30.5 Å². The van der Waals surface area contributed by atoms with Crippen LogP contribution in [0.4, 0.5) is 5.69 Å². The summed E-state index contributed by atoms with van der Waals surface area (Å²) in [5.41, 5.74) is 2.33. The third-order valence-corrected chi connectivity index (χ3v) is 2.52. The zero-order chi connectivity index (χ0) is 12.3. The van der Waals surface area contributed by atoms with Crippen LogP contribution < -0.4 is 5.06 Å². The van der Waals surface area contributed by atoms with E-state index in [1.165, 1.54) is 6.08 Å². The van der Waals surface area contributed by atoms with Crippen LogP contribution in [-0.2, 0) is 4.79 Å². The van der Waals surface area contributed by atoms with Crippen LogP contribution >= 0.6 is 0 Å². The van der Waals surface area contributed by atoms with Crippen LogP contribution in [0.2, 0.25) is 0 Å². The van der Waals surface area contributed by atoms with Gasteiger partial charge < -0.3 is 0 Å². The molecular weight excluding hydrogens is 214 g/mol. The molecule has 1 aromatic carbocycles. The van der Waals surface area contributed by atoms with Gasteiger partial charge in [0.05, 0.1) is 5.69 Å². The Bertz CT molecular complexity index is 512. The highest BCUT2D eigenvalue weighted by molar-refractivity contribution is 6.02. The summed E-state index contributed by atoms with van der Waals surface area (Å²) in [6.07, 6.45) is 6.32. The number of carbonyl (C=O) groups is 1. The standard InChI is InChI=1S/C14H13NO2/c1-11-9-14(16)8-7-12(11)10-15(17)13-5-3-2-4-6-13/h2-10,17H,1H3. The van der Waals surface area contributed by atoms with E-state index in [0.29, 0.717) is 5.69 Å². The molecule has 0 saturated heterocycles. The van der Waals surface area contributed by atoms with Crippen molar-refractivity contribution >= 4 is 11.5 Å². The van der Waals surface area contributed by atoms with Crippen molar-refractivity contribution in [3.63, 3.8) is 0 Å². The number of rotatable bonds is 2. The molecule has 0 aromatic heterocycles. The highest BCUT2D eigenvalue weighted by Crippen LogP contribution is 2.19. The summed E-state index contributed by atoms with van der Waals surface area (Å²) < 4.78 is 0. The lowest BCUT2D eigenvalue weighted by atomic mass is 10.0. The minimum absolute atomic E-state index is 0.0242. The molecule has 1 N–H and O–H groups in total. The summed E-state index contributed by atoms with van der Waals surface area (Å²) in [7, 11) is 0. The maximum absolute atomic E-state index is 11.1. The average Bonchev–Trinajstić information content (AvgIpc) is 2.34. The number of ketones is 1. The smallest absolute Gasteiger partial charge is 0.178 e. The number of hydrogen-bond donors (Lipinski definition) is 1. The van der Waals surface area contributed by atoms with Gasteiger partial charge in [-0.3, -0.25) is 10.0 Å². The van der Waals surface area contributed by atoms with Crippen molar-refractivity contribution in [1.29, 1.82) is 0 Å². The first-order valence-corrected chi connectivity index (χ1v) is 5.32. The predicted octanol–water partition coefficient (Wildman–Crippen LogP) is 2.85. The molecule has 86 valence electrons. The van der Waals surface area contributed by atoms with E-state index >= 15 is 0 Å². The lowest BCUT2D eigenvalue weighted by Gasteiger charge is -2.15. The lowest BCUT2D eigenvalue weighted by Crippen LogP contribution is -2.11. The summed E-state index contributed by atoms with van der Waals surface area (Å²) in [4.78, 5) is 11.1. The Morgan fingerprint density at radius 1 is 1.18 bits per heavy atom. The summed E-state index contributed by atoms with van der Waals surface area (Å²) in [6.45, 7) is 1.84. The number of benzene rings is 1. The molecule has 0 amide bonds. The van der Waals surface area contributed by atoms with Crippen LogP contribution in [-0.4, -0.2) is 11.0 Å². The highest BCUT2D eigenvalue weighted by atomic mass is 16.5. The Labute approximate surface area is 99.9 Å². The monoisotopic (exact) mass is 227 g/mol. The van der Waals surface area contributed by atoms with E-state index in [2.05, 4.69) is 0 Å². The van der Waals surface area contributed by atoms with E-state index in [0.717, 1.165) is 16.2 Å². The zero-order valence-corrected chi connectivity index (χ0v) is 9.50. The second-order valence-corrected chi connectivity index (χ2v) is 3.83. The molecule has 0 unspecified atom stereocenters. The van der Waals surface area contributed by atoms with Crippen LogP contribution in [0.3, 0.4) is 0 Å². The third kappa shape index (κ3) is 2.71. The minimum atomic E-state index is -0.0242. The molecule has 0 bridgehead atoms. The van der Waals surface area contributed by atoms with Gasteiger partial charge in [-0.05, 0) is 48.4 Å². The Kier molecular flexibility index (Phi) is 3.21. The van der Waals surface area contributed by atoms with Gasteiger partial charge in [0.25, 0.3) is 0 Å². The molecular formula is C14H13NO2. The first-order valence-electron chi connectivity index (χ1n) is 5.32. The van der Waals surface area contributed by atoms with Gasteiger partial charge in [-0.15, -0.1) is 0 Å². The van der Waals surface area contributed by atoms with E-state index in [1.807, 2.05) is 25.1 Å². The van der Waals surface area contributed by atoms with Crippen molar-refractivity contribution in [3.05, 3.63) is 65.9 Å². The van der Waals surface area contributed by atoms with Gasteiger partial charge >= 0.3 is 0 Å². The number of para-hydroxylation sites is 1. The van der Waals surface area contributed by atoms with Gasteiger partial charge in [0.1, 0.15) is 0 Å². The van der Waals surface area contributed by atoms with Crippen LogP contribution in [0.5, 0.6) is 0 Å². The van der Waals surface area contributed by atoms with Gasteiger partial charge in [-0.2, -0.15) is 0 Å². The molecule has 0 spiro atoms. The molecule has 0 fully saturated rings. The van der Waals surface area contributed by atoms with Crippen molar-refractivity contribution in [1.82, 2.24) is 0 Å². The second-order valence-electron chi connectivity index (χ2n) is 3.83. The van der Waals surface area contributed by atoms with Crippen molar-refractivity contribution in [2.75, 3.05) is 5.06 Å². The van der Waals surface area contributed by atoms with Crippen molar-refractivity contribution in [2.45, 2.75) is 6.92 Å². The van der Waals surface area contributed by atoms with Crippen molar-refractivity contribution in [2.24, 2.45) is 0 Å². The van der Waals surface area contributed by atoms with Crippen molar-refractivity contribution in [3.8, 4) is 0 Å². The van der Waals surface area contributed by atoms with Crippen LogP contribution in [0.1, 0.15) is 6.92 Å². The van der Waals surface area contributed by atoms with Gasteiger partial charge in [0.15, 0.2) is 5.78 Å². The quantitative estimate of drug-likeness (QED) is 0.790. The number of hydrogen-bond acceptors (Lipinski definition) is 3. The minimum Gasteiger partial charge on any atom is -0.290 e. The molecule has 3 nitrogen and oxygen atoms in total. The summed E-state index contributed by atoms with van der Waals surface area (Å²) in [6, 6.07) is 9.18. The fourth-order valence-electron chi connectivity index (χ4n) is 1.58. The first-order chi connectivity index (χ1) is 8.16. The molecule has 17 heavy (non-hydrogen) atoms. The third-order valence-electron chi connectivity index (χ3n) is 2.52. The highest BCUT2D eigenvalue weighted by Gasteiger charge is 2.07. The number of anilines is 1. The van der Waals surface area contributed by atoms with Gasteiger partial charge in [-0.1, -0.05) is 18.2 Å². The maximum Gasteiger partial charge on any atom is 0.178 e. The first kappa shape index (κ1) is 11.4. The van der Waals surface area contributed by atoms with Crippen molar-refractivity contribution < 1.29 is 10.0 Å². The molecule has 0 aliphatic heterocycles. The summed E-state index contributed by atoms with van der Waals surface area (Å²) in [5.74, 6) is -0.0242. The van der Waals surface area contributed by atoms with E-state index in [4.69, 9.17) is 0 Å². The van der Waals surface area contributed by atoms with Crippen LogP contribution in [0.15, 0.2) is 65.9 Å². The second kappa shape index (κ2) is 4.80. The van der Waals surface area contributed by atoms with Crippen LogP contribution in [0.25, 0.3) is 0 Å². The molecule has 0 radical (unpaired) electrons. The van der Waals surface area contributed by atoms with E-state index in [9.17, 15) is 10.0 Å². The number of carbonyl (C=O) groups excluding carboxylic acids is 1. The molecule has 2 rings (SSSR count). The SMILES string of the molecule is CC1=CC(=O)C=CC1=CN(O)c1ccccc1. The Balaban J connectivity index is 2.23. The van der Waals surface area contributed by atoms with Gasteiger partial charge in [0, 0.05) is 6.20 Å². The molecule has 3 heteroatoms. The van der Waals surface area contributed by atoms with E-state index < -0.39 is 0 Å². The average molecular weight is 227 g/mol. The zero-order valence-electron chi connectivity index (χ0n) is 9.50. The number of hydroxylamine groups is 1. The van der Waals surface area contributed by atoms with Gasteiger partial charge in [-0.25, -0.2) is 5.06 Å². The summed E-state index contributed by atoms with van der Waals surface area (Å²) >= 11 is 0. The lowest BCUT2D eigenvalue weighted by molar-refractivity contribution is -0.110. The van der Waals surface area contributed by atoms with Crippen LogP contribution in [0, 0.1) is 0 Å². The molecule has 0 atom stereocenters. The Morgan fingerprint density at radius 3 is 2.53 bits per heavy atom. The van der Waals surface area contributed by atoms with Gasteiger partial charge in [0.2, 0.25) is 0 Å². The predicted molar refractivity (Wildman–Crippen MR) is 66.7 cm³/mol. The molecule has 1 aromatic rings. The fourth-order valence-corrected chi connectivity index (χ4v) is 1.58. The van der Waals surface area contributed by atoms with E-state index in [-0.39, 0.29) is 5.78 Å². The Morgan fingerprint density at radius 2 is 1.88 bits per heavy atom. The molecule has 1 aliphatic rings.